The Morgan fingerprint density at radius 2 is 1.89 bits per heavy atom. The minimum atomic E-state index is -1.14. The van der Waals surface area contributed by atoms with Gasteiger partial charge in [-0.05, 0) is 53.9 Å². The smallest absolute Gasteiger partial charge is 0.337 e. The molecule has 1 unspecified atom stereocenters. The van der Waals surface area contributed by atoms with Gasteiger partial charge in [-0.3, -0.25) is 9.36 Å². The van der Waals surface area contributed by atoms with Gasteiger partial charge < -0.3 is 15.3 Å². The highest BCUT2D eigenvalue weighted by Gasteiger charge is 2.26. The largest absolute Gasteiger partial charge is 0.478 e. The van der Waals surface area contributed by atoms with Gasteiger partial charge in [-0.25, -0.2) is 18.6 Å². The zero-order valence-electron chi connectivity index (χ0n) is 19.8. The number of nitrogens with one attached hydrogen (secondary N) is 1. The third-order valence-electron chi connectivity index (χ3n) is 6.52. The van der Waals surface area contributed by atoms with Crippen LogP contribution in [-0.2, 0) is 20.1 Å². The molecule has 36 heavy (non-hydrogen) atoms. The highest BCUT2D eigenvalue weighted by Crippen LogP contribution is 2.32. The lowest BCUT2D eigenvalue weighted by molar-refractivity contribution is 0.0698. The number of para-hydroxylation sites is 1. The molecule has 0 fully saturated rings. The number of fused-ring (bicyclic) bond motifs is 2. The van der Waals surface area contributed by atoms with Gasteiger partial charge in [0.1, 0.15) is 12.5 Å². The Kier molecular flexibility index (Phi) is 5.91. The maximum atomic E-state index is 14.5. The van der Waals surface area contributed by atoms with E-state index in [0.29, 0.717) is 35.5 Å². The molecule has 9 heteroatoms. The van der Waals surface area contributed by atoms with Crippen LogP contribution in [0, 0.1) is 12.7 Å². The number of hydrogen-bond acceptors (Lipinski definition) is 5. The minimum Gasteiger partial charge on any atom is -0.478 e. The normalized spacial score (nSPS) is 13.6. The molecule has 0 aliphatic carbocycles. The molecule has 0 saturated heterocycles. The standard InChI is InChI=1S/C27H24F2N4O3/c1-15-9-20(23(12-28)30-22-6-4-3-5-19(22)26(35)36)24-21(10-15)25(34)32(2)27(31-24)33-13-16-7-8-18(29)11-17(16)14-33/h3-11,23,30H,12-14H2,1-2H3,(H,35,36). The molecule has 4 aromatic rings. The fourth-order valence-corrected chi connectivity index (χ4v) is 4.78. The first-order chi connectivity index (χ1) is 17.3. The monoisotopic (exact) mass is 490 g/mol. The summed E-state index contributed by atoms with van der Waals surface area (Å²) in [5.41, 5.74) is 3.30. The van der Waals surface area contributed by atoms with Crippen LogP contribution in [0.5, 0.6) is 0 Å². The Morgan fingerprint density at radius 3 is 2.64 bits per heavy atom. The van der Waals surface area contributed by atoms with Gasteiger partial charge in [0.2, 0.25) is 5.95 Å². The van der Waals surface area contributed by atoms with Crippen LogP contribution in [-0.4, -0.2) is 27.3 Å². The number of aryl methyl sites for hydroxylation is 1. The van der Waals surface area contributed by atoms with Crippen molar-refractivity contribution in [2.24, 2.45) is 7.05 Å². The Hall–Kier alpha value is -4.27. The zero-order valence-corrected chi connectivity index (χ0v) is 19.8. The van der Waals surface area contributed by atoms with Gasteiger partial charge in [-0.2, -0.15) is 0 Å². The molecule has 5 rings (SSSR count). The molecule has 0 saturated carbocycles. The topological polar surface area (TPSA) is 87.5 Å². The first-order valence-electron chi connectivity index (χ1n) is 11.4. The van der Waals surface area contributed by atoms with Gasteiger partial charge in [0.05, 0.1) is 22.5 Å². The van der Waals surface area contributed by atoms with Gasteiger partial charge in [0.25, 0.3) is 5.56 Å². The van der Waals surface area contributed by atoms with Crippen LogP contribution in [0.2, 0.25) is 0 Å². The van der Waals surface area contributed by atoms with Gasteiger partial charge in [0, 0.05) is 31.4 Å². The van der Waals surface area contributed by atoms with Crippen molar-refractivity contribution in [2.75, 3.05) is 16.9 Å². The number of carboxylic acids is 1. The Morgan fingerprint density at radius 1 is 1.14 bits per heavy atom. The van der Waals surface area contributed by atoms with Crippen LogP contribution in [0.3, 0.4) is 0 Å². The van der Waals surface area contributed by atoms with Crippen molar-refractivity contribution in [1.82, 2.24) is 9.55 Å². The van der Waals surface area contributed by atoms with Crippen LogP contribution in [0.1, 0.15) is 38.7 Å². The molecular formula is C27H24F2N4O3. The number of carboxylic acid groups (broad SMARTS) is 1. The van der Waals surface area contributed by atoms with Crippen LogP contribution < -0.4 is 15.8 Å². The highest BCUT2D eigenvalue weighted by atomic mass is 19.1. The maximum Gasteiger partial charge on any atom is 0.337 e. The predicted octanol–water partition coefficient (Wildman–Crippen LogP) is 4.72. The fraction of sp³-hybridized carbons (Fsp3) is 0.222. The highest BCUT2D eigenvalue weighted by molar-refractivity contribution is 5.94. The average molecular weight is 491 g/mol. The van der Waals surface area contributed by atoms with Crippen molar-refractivity contribution in [3.8, 4) is 0 Å². The lowest BCUT2D eigenvalue weighted by Gasteiger charge is -2.23. The van der Waals surface area contributed by atoms with E-state index in [-0.39, 0.29) is 22.6 Å². The Bertz CT molecular complexity index is 1570. The molecule has 3 aromatic carbocycles. The maximum absolute atomic E-state index is 14.5. The molecule has 1 aliphatic rings. The second kappa shape index (κ2) is 9.07. The molecule has 2 N–H and O–H groups in total. The fourth-order valence-electron chi connectivity index (χ4n) is 4.78. The van der Waals surface area contributed by atoms with Crippen LogP contribution in [0.25, 0.3) is 10.9 Å². The molecule has 2 heterocycles. The molecular weight excluding hydrogens is 466 g/mol. The number of nitrogens with zero attached hydrogens (tertiary/aromatic N) is 3. The van der Waals surface area contributed by atoms with E-state index in [4.69, 9.17) is 4.98 Å². The Balaban J connectivity index is 1.62. The van der Waals surface area contributed by atoms with E-state index in [0.717, 1.165) is 16.7 Å². The van der Waals surface area contributed by atoms with E-state index in [1.165, 1.54) is 22.8 Å². The number of rotatable bonds is 6. The average Bonchev–Trinajstić information content (AvgIpc) is 3.27. The summed E-state index contributed by atoms with van der Waals surface area (Å²) in [6.45, 7) is 1.80. The first-order valence-corrected chi connectivity index (χ1v) is 11.4. The lowest BCUT2D eigenvalue weighted by Crippen LogP contribution is -2.29. The van der Waals surface area contributed by atoms with Crippen molar-refractivity contribution in [3.05, 3.63) is 98.6 Å². The summed E-state index contributed by atoms with van der Waals surface area (Å²) in [5.74, 6) is -1.07. The van der Waals surface area contributed by atoms with Gasteiger partial charge in [-0.15, -0.1) is 0 Å². The molecule has 1 aliphatic heterocycles. The van der Waals surface area contributed by atoms with E-state index < -0.39 is 18.7 Å². The number of aromatic carboxylic acids is 1. The van der Waals surface area contributed by atoms with Crippen LogP contribution in [0.4, 0.5) is 20.4 Å². The van der Waals surface area contributed by atoms with E-state index in [9.17, 15) is 23.5 Å². The third-order valence-corrected chi connectivity index (χ3v) is 6.52. The number of carbonyl (C=O) groups is 1. The molecule has 0 radical (unpaired) electrons. The van der Waals surface area contributed by atoms with E-state index in [1.807, 2.05) is 11.8 Å². The van der Waals surface area contributed by atoms with Gasteiger partial charge >= 0.3 is 5.97 Å². The first kappa shape index (κ1) is 23.5. The molecule has 0 spiro atoms. The summed E-state index contributed by atoms with van der Waals surface area (Å²) < 4.78 is 29.7. The van der Waals surface area contributed by atoms with E-state index in [1.54, 1.807) is 43.4 Å². The van der Waals surface area contributed by atoms with E-state index >= 15 is 0 Å². The van der Waals surface area contributed by atoms with Crippen molar-refractivity contribution in [1.29, 1.82) is 0 Å². The summed E-state index contributed by atoms with van der Waals surface area (Å²) in [4.78, 5) is 31.7. The molecule has 7 nitrogen and oxygen atoms in total. The molecule has 0 amide bonds. The summed E-state index contributed by atoms with van der Waals surface area (Å²) in [5, 5.41) is 12.9. The van der Waals surface area contributed by atoms with Crippen LogP contribution in [0.15, 0.2) is 59.4 Å². The van der Waals surface area contributed by atoms with Gasteiger partial charge in [0.15, 0.2) is 0 Å². The van der Waals surface area contributed by atoms with Crippen molar-refractivity contribution < 1.29 is 18.7 Å². The number of alkyl halides is 1. The Labute approximate surface area is 205 Å². The molecule has 184 valence electrons. The second-order valence-corrected chi connectivity index (χ2v) is 9.00. The van der Waals surface area contributed by atoms with Crippen molar-refractivity contribution in [2.45, 2.75) is 26.1 Å². The lowest BCUT2D eigenvalue weighted by atomic mass is 10.00. The number of anilines is 2. The predicted molar refractivity (Wildman–Crippen MR) is 134 cm³/mol. The summed E-state index contributed by atoms with van der Waals surface area (Å²) in [6.07, 6.45) is 0. The molecule has 0 bridgehead atoms. The SMILES string of the molecule is Cc1cc(C(CF)Nc2ccccc2C(=O)O)c2nc(N3Cc4ccc(F)cc4C3)n(C)c(=O)c2c1. The minimum absolute atomic E-state index is 0.0135. The molecule has 1 aromatic heterocycles. The number of hydrogen-bond donors (Lipinski definition) is 2. The summed E-state index contributed by atoms with van der Waals surface area (Å²) in [6, 6.07) is 13.4. The van der Waals surface area contributed by atoms with Crippen LogP contribution >= 0.6 is 0 Å². The van der Waals surface area contributed by atoms with Crippen molar-refractivity contribution >= 4 is 28.5 Å². The zero-order chi connectivity index (χ0) is 25.6. The summed E-state index contributed by atoms with van der Waals surface area (Å²) in [7, 11) is 1.63. The number of aromatic nitrogens is 2. The number of halogens is 2. The van der Waals surface area contributed by atoms with Gasteiger partial charge in [-0.1, -0.05) is 24.3 Å². The quantitative estimate of drug-likeness (QED) is 0.407. The third kappa shape index (κ3) is 4.06. The molecule has 1 atom stereocenters. The summed E-state index contributed by atoms with van der Waals surface area (Å²) >= 11 is 0. The van der Waals surface area contributed by atoms with Crippen molar-refractivity contribution in [3.63, 3.8) is 0 Å². The second-order valence-electron chi connectivity index (χ2n) is 9.00. The van der Waals surface area contributed by atoms with E-state index in [2.05, 4.69) is 5.32 Å². The number of benzene rings is 3.